The standard InChI is InChI=1S/C27H32N4.ClHO4/c1-28-16-8-4-14-26(28)24-12-10-20-30(22-24)18-6-3-7-19-31-21-11-13-25(23-31)27-15-5-9-17-29(27)2;2-1(3,4)5/h4-5,8-17,20-23H,3,6-7,18-19H2,1-2H3;(H,2,3,4,5)/q+4;/p-1. The van der Waals surface area contributed by atoms with Crippen LogP contribution in [-0.2, 0) is 27.2 Å². The first-order chi connectivity index (χ1) is 17.2. The maximum absolute atomic E-state index is 8.49. The molecular formula is C27H32ClN4O4+3. The van der Waals surface area contributed by atoms with Crippen molar-refractivity contribution in [3.63, 3.8) is 0 Å². The number of rotatable bonds is 8. The maximum atomic E-state index is 8.49. The van der Waals surface area contributed by atoms with Gasteiger partial charge < -0.3 is 0 Å². The van der Waals surface area contributed by atoms with Crippen LogP contribution in [0, 0.1) is 10.2 Å². The summed E-state index contributed by atoms with van der Waals surface area (Å²) in [5.74, 6) is 0. The molecule has 0 radical (unpaired) electrons. The first-order valence-electron chi connectivity index (χ1n) is 11.7. The van der Waals surface area contributed by atoms with E-state index < -0.39 is 10.2 Å². The topological polar surface area (TPSA) is 108 Å². The van der Waals surface area contributed by atoms with Crippen LogP contribution in [0.25, 0.3) is 22.5 Å². The molecule has 0 amide bonds. The number of hydrogen-bond acceptors (Lipinski definition) is 4. The summed E-state index contributed by atoms with van der Waals surface area (Å²) in [6.07, 6.45) is 16.6. The Balaban J connectivity index is 0.000000658. The van der Waals surface area contributed by atoms with E-state index in [0.717, 1.165) is 13.1 Å². The van der Waals surface area contributed by atoms with Crippen molar-refractivity contribution >= 4 is 0 Å². The molecule has 0 spiro atoms. The molecule has 0 atom stereocenters. The molecule has 0 aliphatic carbocycles. The van der Waals surface area contributed by atoms with E-state index in [-0.39, 0.29) is 0 Å². The van der Waals surface area contributed by atoms with Crippen LogP contribution < -0.4 is 36.9 Å². The van der Waals surface area contributed by atoms with Gasteiger partial charge >= 0.3 is 0 Å². The predicted octanol–water partition coefficient (Wildman–Crippen LogP) is -1.64. The van der Waals surface area contributed by atoms with E-state index in [2.05, 4.69) is 130 Å². The lowest BCUT2D eigenvalue weighted by Gasteiger charge is -2.17. The Morgan fingerprint density at radius 3 is 1.36 bits per heavy atom. The molecule has 0 saturated carbocycles. The molecule has 4 aromatic rings. The highest BCUT2D eigenvalue weighted by atomic mass is 35.7. The van der Waals surface area contributed by atoms with E-state index in [4.69, 9.17) is 18.6 Å². The second kappa shape index (κ2) is 13.2. The van der Waals surface area contributed by atoms with Gasteiger partial charge in [0.05, 0.1) is 0 Å². The fourth-order valence-corrected chi connectivity index (χ4v) is 4.04. The van der Waals surface area contributed by atoms with Gasteiger partial charge in [-0.05, 0) is 30.7 Å². The average molecular weight is 512 g/mol. The molecule has 4 rings (SSSR count). The van der Waals surface area contributed by atoms with Crippen molar-refractivity contribution in [3.8, 4) is 22.5 Å². The third kappa shape index (κ3) is 9.07. The molecule has 188 valence electrons. The fourth-order valence-electron chi connectivity index (χ4n) is 4.04. The Kier molecular flexibility index (Phi) is 9.98. The number of nitrogens with zero attached hydrogens (tertiary/aromatic N) is 4. The van der Waals surface area contributed by atoms with Gasteiger partial charge in [-0.1, -0.05) is 0 Å². The molecule has 36 heavy (non-hydrogen) atoms. The van der Waals surface area contributed by atoms with E-state index in [9.17, 15) is 0 Å². The van der Waals surface area contributed by atoms with Crippen molar-refractivity contribution in [1.29, 1.82) is 0 Å². The minimum absolute atomic E-state index is 1.05. The second-order valence-electron chi connectivity index (χ2n) is 8.49. The molecule has 4 heterocycles. The zero-order valence-electron chi connectivity index (χ0n) is 20.6. The van der Waals surface area contributed by atoms with Gasteiger partial charge in [0.1, 0.15) is 38.3 Å². The van der Waals surface area contributed by atoms with E-state index in [1.54, 1.807) is 0 Å². The number of pyridine rings is 4. The molecule has 8 nitrogen and oxygen atoms in total. The summed E-state index contributed by atoms with van der Waals surface area (Å²) in [6.45, 7) is 2.10. The Hall–Kier alpha value is -3.27. The zero-order chi connectivity index (χ0) is 26.0. The molecule has 0 fully saturated rings. The molecule has 9 heteroatoms. The van der Waals surface area contributed by atoms with Crippen LogP contribution in [0.2, 0.25) is 0 Å². The Labute approximate surface area is 214 Å². The van der Waals surface area contributed by atoms with Gasteiger partial charge in [-0.2, -0.15) is 0 Å². The van der Waals surface area contributed by atoms with Crippen molar-refractivity contribution in [2.45, 2.75) is 32.4 Å². The lowest BCUT2D eigenvalue weighted by molar-refractivity contribution is -2.00. The van der Waals surface area contributed by atoms with Crippen molar-refractivity contribution in [1.82, 2.24) is 0 Å². The first kappa shape index (κ1) is 27.3. The minimum Gasteiger partial charge on any atom is -0.222 e. The van der Waals surface area contributed by atoms with Crippen LogP contribution in [0.4, 0.5) is 0 Å². The third-order valence-corrected chi connectivity index (χ3v) is 5.75. The monoisotopic (exact) mass is 511 g/mol. The van der Waals surface area contributed by atoms with Crippen LogP contribution in [0.3, 0.4) is 0 Å². The molecule has 0 aliphatic heterocycles. The van der Waals surface area contributed by atoms with Gasteiger partial charge in [-0.3, -0.25) is 0 Å². The molecular weight excluding hydrogens is 480 g/mol. The predicted molar refractivity (Wildman–Crippen MR) is 120 cm³/mol. The van der Waals surface area contributed by atoms with Crippen LogP contribution in [0.5, 0.6) is 0 Å². The van der Waals surface area contributed by atoms with E-state index in [1.807, 2.05) is 0 Å². The minimum atomic E-state index is -4.94. The van der Waals surface area contributed by atoms with Gasteiger partial charge in [0.2, 0.25) is 11.4 Å². The summed E-state index contributed by atoms with van der Waals surface area (Å²) in [7, 11) is -0.756. The Morgan fingerprint density at radius 1 is 0.556 bits per heavy atom. The summed E-state index contributed by atoms with van der Waals surface area (Å²) < 4.78 is 42.9. The molecule has 0 aliphatic rings. The summed E-state index contributed by atoms with van der Waals surface area (Å²) in [5.41, 5.74) is 4.99. The highest BCUT2D eigenvalue weighted by molar-refractivity contribution is 5.53. The van der Waals surface area contributed by atoms with Gasteiger partial charge in [0.25, 0.3) is 0 Å². The first-order valence-corrected chi connectivity index (χ1v) is 12.9. The largest absolute Gasteiger partial charge is 0.222 e. The highest BCUT2D eigenvalue weighted by Gasteiger charge is 2.14. The lowest BCUT2D eigenvalue weighted by Crippen LogP contribution is -2.68. The van der Waals surface area contributed by atoms with Crippen LogP contribution in [0.1, 0.15) is 19.3 Å². The van der Waals surface area contributed by atoms with Gasteiger partial charge in [-0.15, -0.1) is 10.2 Å². The Bertz CT molecular complexity index is 1170. The number of aromatic nitrogens is 4. The van der Waals surface area contributed by atoms with E-state index in [0.29, 0.717) is 0 Å². The quantitative estimate of drug-likeness (QED) is 0.209. The van der Waals surface area contributed by atoms with Crippen molar-refractivity contribution in [2.75, 3.05) is 0 Å². The summed E-state index contributed by atoms with van der Waals surface area (Å²) >= 11 is 0. The fraction of sp³-hybridized carbons (Fsp3) is 0.259. The van der Waals surface area contributed by atoms with Gasteiger partial charge in [-0.25, -0.2) is 36.9 Å². The Morgan fingerprint density at radius 2 is 0.972 bits per heavy atom. The summed E-state index contributed by atoms with van der Waals surface area (Å²) in [4.78, 5) is 0. The molecule has 0 unspecified atom stereocenters. The van der Waals surface area contributed by atoms with E-state index in [1.165, 1.54) is 41.8 Å². The number of unbranched alkanes of at least 4 members (excludes halogenated alkanes) is 2. The SMILES string of the molecule is C[n+]1ccccc1-c1ccc[n+](CCCCC[n+]2cccc(-c3cccc[n+]3C)c2)c1.[O-][Cl+3]([O-])([O-])[O-]. The zero-order valence-corrected chi connectivity index (χ0v) is 21.3. The number of hydrogen-bond donors (Lipinski definition) is 0. The third-order valence-electron chi connectivity index (χ3n) is 5.75. The average Bonchev–Trinajstić information content (AvgIpc) is 2.84. The molecule has 4 aromatic heterocycles. The van der Waals surface area contributed by atoms with Crippen LogP contribution in [0.15, 0.2) is 97.8 Å². The molecule has 0 saturated heterocycles. The molecule has 0 aromatic carbocycles. The van der Waals surface area contributed by atoms with Crippen LogP contribution >= 0.6 is 0 Å². The number of aryl methyl sites for hydroxylation is 4. The smallest absolute Gasteiger partial charge is 0.218 e. The lowest BCUT2D eigenvalue weighted by atomic mass is 10.1. The molecule has 0 bridgehead atoms. The second-order valence-corrected chi connectivity index (χ2v) is 9.25. The van der Waals surface area contributed by atoms with Gasteiger partial charge in [0.15, 0.2) is 37.2 Å². The normalized spacial score (nSPS) is 11.1. The summed E-state index contributed by atoms with van der Waals surface area (Å²) in [5, 5.41) is 0. The highest BCUT2D eigenvalue weighted by Crippen LogP contribution is 2.13. The summed E-state index contributed by atoms with van der Waals surface area (Å²) in [6, 6.07) is 21.3. The van der Waals surface area contributed by atoms with E-state index >= 15 is 0 Å². The molecule has 0 N–H and O–H groups in total. The van der Waals surface area contributed by atoms with Crippen molar-refractivity contribution in [2.24, 2.45) is 14.1 Å². The van der Waals surface area contributed by atoms with Crippen molar-refractivity contribution in [3.05, 3.63) is 97.8 Å². The maximum Gasteiger partial charge on any atom is 0.218 e. The van der Waals surface area contributed by atoms with Crippen LogP contribution in [-0.4, -0.2) is 0 Å². The number of halogens is 1. The van der Waals surface area contributed by atoms with Crippen molar-refractivity contribution < 1.29 is 47.1 Å². The van der Waals surface area contributed by atoms with Gasteiger partial charge in [0, 0.05) is 49.2 Å².